The molecule has 2 saturated heterocycles. The smallest absolute Gasteiger partial charge is 0.250 e. The Kier molecular flexibility index (Phi) is 4.31. The first-order chi connectivity index (χ1) is 12.9. The van der Waals surface area contributed by atoms with E-state index in [-0.39, 0.29) is 29.7 Å². The largest absolute Gasteiger partial charge is 0.385 e. The van der Waals surface area contributed by atoms with Gasteiger partial charge in [-0.3, -0.25) is 24.6 Å². The van der Waals surface area contributed by atoms with Crippen molar-refractivity contribution in [2.45, 2.75) is 31.8 Å². The average Bonchev–Trinajstić information content (AvgIpc) is 3.22. The minimum Gasteiger partial charge on any atom is -0.385 e. The monoisotopic (exact) mass is 371 g/mol. The molecule has 4 rings (SSSR count). The molecule has 2 N–H and O–H groups in total. The van der Waals surface area contributed by atoms with Crippen LogP contribution in [-0.2, 0) is 24.7 Å². The highest BCUT2D eigenvalue weighted by Gasteiger charge is 2.70. The van der Waals surface area contributed by atoms with Crippen LogP contribution in [0.5, 0.6) is 0 Å². The fourth-order valence-corrected chi connectivity index (χ4v) is 4.91. The fourth-order valence-electron chi connectivity index (χ4n) is 4.91. The highest BCUT2D eigenvalue weighted by molar-refractivity contribution is 6.15. The number of para-hydroxylation sites is 1. The van der Waals surface area contributed by atoms with Crippen LogP contribution in [0, 0.1) is 17.8 Å². The van der Waals surface area contributed by atoms with Crippen LogP contribution < -0.4 is 10.6 Å². The van der Waals surface area contributed by atoms with Crippen molar-refractivity contribution < 1.29 is 19.1 Å². The molecule has 4 atom stereocenters. The van der Waals surface area contributed by atoms with Crippen LogP contribution in [-0.4, -0.2) is 48.9 Å². The summed E-state index contributed by atoms with van der Waals surface area (Å²) in [7, 11) is 1.59. The van der Waals surface area contributed by atoms with Gasteiger partial charge >= 0.3 is 0 Å². The lowest BCUT2D eigenvalue weighted by Crippen LogP contribution is -2.54. The van der Waals surface area contributed by atoms with Crippen LogP contribution in [0.2, 0.25) is 0 Å². The summed E-state index contributed by atoms with van der Waals surface area (Å²) in [6, 6.07) is 7.17. The maximum absolute atomic E-state index is 13.3. The van der Waals surface area contributed by atoms with Crippen molar-refractivity contribution in [1.29, 1.82) is 0 Å². The normalized spacial score (nSPS) is 31.8. The molecule has 3 aliphatic heterocycles. The van der Waals surface area contributed by atoms with Crippen LogP contribution in [0.4, 0.5) is 5.69 Å². The standard InChI is InChI=1S/C20H25N3O4/c1-11(2)16-14-15(18(25)23(17(14)24)9-6-10-27-3)20(22-16)12-7-4-5-8-13(12)21-19(20)26/h4-5,7-8,11,14-16,22H,6,9-10H2,1-3H3,(H,21,26). The first kappa shape index (κ1) is 18.1. The number of methoxy groups -OCH3 is 1. The number of fused-ring (bicyclic) bond motifs is 4. The maximum Gasteiger partial charge on any atom is 0.250 e. The Balaban J connectivity index is 1.79. The number of nitrogens with one attached hydrogen (secondary N) is 2. The lowest BCUT2D eigenvalue weighted by atomic mass is 9.76. The average molecular weight is 371 g/mol. The highest BCUT2D eigenvalue weighted by atomic mass is 16.5. The van der Waals surface area contributed by atoms with Crippen LogP contribution in [0.1, 0.15) is 25.8 Å². The molecule has 0 aliphatic carbocycles. The summed E-state index contributed by atoms with van der Waals surface area (Å²) >= 11 is 0. The lowest BCUT2D eigenvalue weighted by molar-refractivity contribution is -0.143. The van der Waals surface area contributed by atoms with Gasteiger partial charge in [-0.1, -0.05) is 32.0 Å². The van der Waals surface area contributed by atoms with E-state index in [1.807, 2.05) is 38.1 Å². The number of amides is 3. The van der Waals surface area contributed by atoms with E-state index in [0.29, 0.717) is 25.3 Å². The molecule has 27 heavy (non-hydrogen) atoms. The molecule has 4 unspecified atom stereocenters. The quantitative estimate of drug-likeness (QED) is 0.598. The van der Waals surface area contributed by atoms with E-state index in [2.05, 4.69) is 10.6 Å². The van der Waals surface area contributed by atoms with Gasteiger partial charge in [0.05, 0.1) is 11.8 Å². The fraction of sp³-hybridized carbons (Fsp3) is 0.550. The van der Waals surface area contributed by atoms with Crippen molar-refractivity contribution in [3.63, 3.8) is 0 Å². The van der Waals surface area contributed by atoms with Crippen LogP contribution >= 0.6 is 0 Å². The summed E-state index contributed by atoms with van der Waals surface area (Å²) in [6.07, 6.45) is 0.586. The van der Waals surface area contributed by atoms with E-state index in [9.17, 15) is 14.4 Å². The minimum atomic E-state index is -1.18. The van der Waals surface area contributed by atoms with Gasteiger partial charge in [-0.25, -0.2) is 0 Å². The summed E-state index contributed by atoms with van der Waals surface area (Å²) in [4.78, 5) is 40.9. The molecule has 1 spiro atoms. The van der Waals surface area contributed by atoms with Gasteiger partial charge in [-0.05, 0) is 18.4 Å². The van der Waals surface area contributed by atoms with Crippen LogP contribution in [0.3, 0.4) is 0 Å². The number of rotatable bonds is 5. The van der Waals surface area contributed by atoms with Gasteiger partial charge in [-0.15, -0.1) is 0 Å². The van der Waals surface area contributed by atoms with Gasteiger partial charge in [0, 0.05) is 37.6 Å². The Morgan fingerprint density at radius 2 is 1.93 bits per heavy atom. The van der Waals surface area contributed by atoms with Gasteiger partial charge < -0.3 is 10.1 Å². The molecule has 1 aromatic carbocycles. The number of carbonyl (C=O) groups is 3. The minimum absolute atomic E-state index is 0.105. The third-order valence-electron chi connectivity index (χ3n) is 6.10. The SMILES string of the molecule is COCCCN1C(=O)C2C(C(C)C)NC3(C(=O)Nc4ccccc43)C2C1=O. The molecule has 0 aromatic heterocycles. The van der Waals surface area contributed by atoms with Crippen molar-refractivity contribution >= 4 is 23.4 Å². The highest BCUT2D eigenvalue weighted by Crippen LogP contribution is 2.53. The molecule has 0 bridgehead atoms. The molecule has 0 saturated carbocycles. The van der Waals surface area contributed by atoms with Crippen LogP contribution in [0.25, 0.3) is 0 Å². The number of likely N-dealkylation sites (tertiary alicyclic amines) is 1. The lowest BCUT2D eigenvalue weighted by Gasteiger charge is -2.30. The summed E-state index contributed by atoms with van der Waals surface area (Å²) in [5.74, 6) is -1.83. The molecule has 0 radical (unpaired) electrons. The molecule has 1 aromatic rings. The molecule has 144 valence electrons. The molecule has 7 nitrogen and oxygen atoms in total. The van der Waals surface area contributed by atoms with E-state index < -0.39 is 17.4 Å². The second kappa shape index (κ2) is 6.42. The van der Waals surface area contributed by atoms with Crippen molar-refractivity contribution in [2.24, 2.45) is 17.8 Å². The van der Waals surface area contributed by atoms with Crippen molar-refractivity contribution in [3.05, 3.63) is 29.8 Å². The number of hydrogen-bond donors (Lipinski definition) is 2. The molecule has 2 fully saturated rings. The van der Waals surface area contributed by atoms with E-state index in [1.165, 1.54) is 4.90 Å². The van der Waals surface area contributed by atoms with Gasteiger partial charge in [0.1, 0.15) is 5.54 Å². The summed E-state index contributed by atoms with van der Waals surface area (Å²) in [5.41, 5.74) is 0.281. The van der Waals surface area contributed by atoms with E-state index in [1.54, 1.807) is 7.11 Å². The third kappa shape index (κ3) is 2.38. The van der Waals surface area contributed by atoms with Crippen molar-refractivity contribution in [2.75, 3.05) is 25.6 Å². The Hall–Kier alpha value is -2.25. The van der Waals surface area contributed by atoms with Crippen LogP contribution in [0.15, 0.2) is 24.3 Å². The number of anilines is 1. The number of carbonyl (C=O) groups excluding carboxylic acids is 3. The topological polar surface area (TPSA) is 87.7 Å². The molecule has 3 aliphatic rings. The third-order valence-corrected chi connectivity index (χ3v) is 6.10. The number of nitrogens with zero attached hydrogens (tertiary/aromatic N) is 1. The Labute approximate surface area is 158 Å². The van der Waals surface area contributed by atoms with Crippen molar-refractivity contribution in [1.82, 2.24) is 10.2 Å². The summed E-state index contributed by atoms with van der Waals surface area (Å²) < 4.78 is 5.06. The molecular formula is C20H25N3O4. The first-order valence-electron chi connectivity index (χ1n) is 9.46. The first-order valence-corrected chi connectivity index (χ1v) is 9.46. The predicted octanol–water partition coefficient (Wildman–Crippen LogP) is 1.10. The number of imide groups is 1. The van der Waals surface area contributed by atoms with Crippen molar-refractivity contribution in [3.8, 4) is 0 Å². The number of ether oxygens (including phenoxy) is 1. The van der Waals surface area contributed by atoms with Gasteiger partial charge in [0.15, 0.2) is 0 Å². The zero-order valence-corrected chi connectivity index (χ0v) is 15.8. The van der Waals surface area contributed by atoms with Gasteiger partial charge in [0.2, 0.25) is 17.7 Å². The predicted molar refractivity (Wildman–Crippen MR) is 98.7 cm³/mol. The Morgan fingerprint density at radius 3 is 2.63 bits per heavy atom. The summed E-state index contributed by atoms with van der Waals surface area (Å²) in [5, 5.41) is 6.32. The Morgan fingerprint density at radius 1 is 1.19 bits per heavy atom. The van der Waals surface area contributed by atoms with E-state index >= 15 is 0 Å². The maximum atomic E-state index is 13.3. The second-order valence-corrected chi connectivity index (χ2v) is 7.90. The number of hydrogen-bond acceptors (Lipinski definition) is 5. The molecule has 7 heteroatoms. The van der Waals surface area contributed by atoms with E-state index in [4.69, 9.17) is 4.74 Å². The van der Waals surface area contributed by atoms with Gasteiger partial charge in [-0.2, -0.15) is 0 Å². The zero-order valence-electron chi connectivity index (χ0n) is 15.8. The second-order valence-electron chi connectivity index (χ2n) is 7.90. The van der Waals surface area contributed by atoms with E-state index in [0.717, 1.165) is 5.56 Å². The van der Waals surface area contributed by atoms with Gasteiger partial charge in [0.25, 0.3) is 0 Å². The molecular weight excluding hydrogens is 346 g/mol. The molecule has 3 amide bonds. The Bertz CT molecular complexity index is 808. The molecule has 3 heterocycles. The summed E-state index contributed by atoms with van der Waals surface area (Å²) in [6.45, 7) is 4.82. The zero-order chi connectivity index (χ0) is 19.3. The number of benzene rings is 1.